The second-order valence-electron chi connectivity index (χ2n) is 3.14. The molecule has 10 heteroatoms. The molecular formula is C8H13N3O5S2. The maximum absolute atomic E-state index is 11.5. The van der Waals surface area contributed by atoms with Gasteiger partial charge in [0.2, 0.25) is 0 Å². The molecule has 0 aliphatic rings. The molecule has 0 saturated carbocycles. The van der Waals surface area contributed by atoms with Crippen LogP contribution in [-0.2, 0) is 8.98 Å². The molecule has 0 bridgehead atoms. The van der Waals surface area contributed by atoms with Crippen LogP contribution in [0.5, 0.6) is 0 Å². The van der Waals surface area contributed by atoms with Crippen molar-refractivity contribution in [1.82, 2.24) is 13.9 Å². The van der Waals surface area contributed by atoms with Gasteiger partial charge in [0.05, 0.1) is 5.75 Å². The van der Waals surface area contributed by atoms with Gasteiger partial charge in [0.15, 0.2) is 5.78 Å². The number of rotatable bonds is 6. The van der Waals surface area contributed by atoms with Gasteiger partial charge in [-0.05, 0) is 0 Å². The Morgan fingerprint density at radius 1 is 1.33 bits per heavy atom. The van der Waals surface area contributed by atoms with Crippen LogP contribution in [-0.4, -0.2) is 37.8 Å². The van der Waals surface area contributed by atoms with E-state index in [9.17, 15) is 19.2 Å². The summed E-state index contributed by atoms with van der Waals surface area (Å²) in [4.78, 5) is 48.8. The van der Waals surface area contributed by atoms with Gasteiger partial charge in [0, 0.05) is 5.75 Å². The molecule has 0 fully saturated rings. The smallest absolute Gasteiger partial charge is 0.313 e. The van der Waals surface area contributed by atoms with E-state index in [1.54, 1.807) is 6.92 Å². The number of carbonyl (C=O) groups is 1. The average molecular weight is 295 g/mol. The predicted octanol–water partition coefficient (Wildman–Crippen LogP) is -1.56. The number of hydrogen-bond acceptors (Lipinski definition) is 6. The van der Waals surface area contributed by atoms with E-state index < -0.39 is 28.4 Å². The third kappa shape index (κ3) is 3.62. The molecule has 1 aromatic rings. The van der Waals surface area contributed by atoms with Crippen molar-refractivity contribution in [1.29, 1.82) is 0 Å². The summed E-state index contributed by atoms with van der Waals surface area (Å²) >= 11 is 2.17. The fraction of sp³-hybridized carbons (Fsp3) is 0.500. The molecule has 0 amide bonds. The van der Waals surface area contributed by atoms with Crippen molar-refractivity contribution in [2.45, 2.75) is 6.92 Å². The van der Waals surface area contributed by atoms with E-state index in [-0.39, 0.29) is 18.1 Å². The largest absolute Gasteiger partial charge is 0.344 e. The van der Waals surface area contributed by atoms with E-state index in [0.717, 1.165) is 3.97 Å². The summed E-state index contributed by atoms with van der Waals surface area (Å²) in [5, 5.41) is 0. The zero-order valence-electron chi connectivity index (χ0n) is 9.50. The van der Waals surface area contributed by atoms with Crippen molar-refractivity contribution in [3.05, 3.63) is 31.5 Å². The second-order valence-corrected chi connectivity index (χ2v) is 5.45. The van der Waals surface area contributed by atoms with Crippen LogP contribution in [0, 0.1) is 0 Å². The van der Waals surface area contributed by atoms with E-state index in [1.807, 2.05) is 9.97 Å². The minimum Gasteiger partial charge on any atom is -0.313 e. The lowest BCUT2D eigenvalue weighted by Gasteiger charge is -2.20. The van der Waals surface area contributed by atoms with E-state index in [2.05, 4.69) is 12.6 Å². The molecule has 0 spiro atoms. The number of hydrogen-bond donors (Lipinski definition) is 4. The third-order valence-corrected chi connectivity index (χ3v) is 4.00. The Bertz CT molecular complexity index is 555. The van der Waals surface area contributed by atoms with Crippen molar-refractivity contribution in [2.24, 2.45) is 0 Å². The Labute approximate surface area is 109 Å². The molecule has 8 nitrogen and oxygen atoms in total. The first-order valence-electron chi connectivity index (χ1n) is 4.98. The van der Waals surface area contributed by atoms with E-state index in [0.29, 0.717) is 5.75 Å². The molecule has 2 N–H and O–H groups in total. The summed E-state index contributed by atoms with van der Waals surface area (Å²) in [6.07, 6.45) is 0. The fourth-order valence-electron chi connectivity index (χ4n) is 1.11. The van der Waals surface area contributed by atoms with Crippen LogP contribution >= 0.6 is 24.0 Å². The minimum absolute atomic E-state index is 0.0176. The van der Waals surface area contributed by atoms with E-state index in [4.69, 9.17) is 4.18 Å². The number of ketones is 1. The van der Waals surface area contributed by atoms with E-state index in [1.165, 1.54) is 0 Å². The number of carbonyl (C=O) groups excluding carboxylic acids is 1. The second kappa shape index (κ2) is 6.61. The number of thiol groups is 2. The third-order valence-electron chi connectivity index (χ3n) is 1.87. The zero-order valence-corrected chi connectivity index (χ0v) is 11.3. The van der Waals surface area contributed by atoms with E-state index >= 15 is 0 Å². The molecule has 1 rings (SSSR count). The minimum atomic E-state index is -1.61. The number of Topliss-reactive ketones (excluding diaryl/α,β-unsaturated/α-hetero) is 1. The van der Waals surface area contributed by atoms with Crippen molar-refractivity contribution >= 4 is 29.8 Å². The van der Waals surface area contributed by atoms with Gasteiger partial charge in [0.1, 0.15) is 6.61 Å². The molecule has 1 aromatic heterocycles. The Morgan fingerprint density at radius 3 is 2.33 bits per heavy atom. The van der Waals surface area contributed by atoms with Crippen LogP contribution in [0.1, 0.15) is 6.92 Å². The first-order chi connectivity index (χ1) is 8.49. The van der Waals surface area contributed by atoms with Crippen LogP contribution in [0.4, 0.5) is 0 Å². The first-order valence-corrected chi connectivity index (χ1v) is 7.01. The summed E-state index contributed by atoms with van der Waals surface area (Å²) in [6.45, 7) is 1.47. The number of H-pyrrole nitrogens is 2. The van der Waals surface area contributed by atoms with Crippen LogP contribution < -0.4 is 17.1 Å². The van der Waals surface area contributed by atoms with Gasteiger partial charge in [-0.3, -0.25) is 14.8 Å². The van der Waals surface area contributed by atoms with Gasteiger partial charge in [-0.25, -0.2) is 14.4 Å². The first kappa shape index (κ1) is 14.8. The number of nitrogens with one attached hydrogen (secondary N) is 2. The monoisotopic (exact) mass is 295 g/mol. The van der Waals surface area contributed by atoms with Gasteiger partial charge in [-0.15, -0.1) is 0 Å². The normalized spacial score (nSPS) is 13.3. The van der Waals surface area contributed by atoms with Crippen LogP contribution in [0.15, 0.2) is 14.4 Å². The molecule has 0 radical (unpaired) electrons. The van der Waals surface area contributed by atoms with Gasteiger partial charge in [-0.1, -0.05) is 18.3 Å². The SMILES string of the molecule is CC[SH](OCC(=O)CS)n1c(=O)[nH]c(=O)[nH]c1=O. The summed E-state index contributed by atoms with van der Waals surface area (Å²) < 4.78 is 6.00. The van der Waals surface area contributed by atoms with Crippen LogP contribution in [0.25, 0.3) is 0 Å². The molecule has 1 heterocycles. The number of aromatic nitrogens is 3. The molecular weight excluding hydrogens is 282 g/mol. The predicted molar refractivity (Wildman–Crippen MR) is 71.7 cm³/mol. The lowest BCUT2D eigenvalue weighted by atomic mass is 10.5. The maximum atomic E-state index is 11.5. The van der Waals surface area contributed by atoms with Gasteiger partial charge in [0.25, 0.3) is 0 Å². The van der Waals surface area contributed by atoms with Crippen molar-refractivity contribution in [3.8, 4) is 0 Å². The van der Waals surface area contributed by atoms with Crippen LogP contribution in [0.2, 0.25) is 0 Å². The number of aromatic amines is 2. The van der Waals surface area contributed by atoms with Gasteiger partial charge < -0.3 is 4.18 Å². The Kier molecular flexibility index (Phi) is 5.44. The Hall–Kier alpha value is -1.26. The maximum Gasteiger partial charge on any atom is 0.344 e. The summed E-state index contributed by atoms with van der Waals surface area (Å²) in [6, 6.07) is 0. The molecule has 102 valence electrons. The fourth-order valence-corrected chi connectivity index (χ4v) is 2.58. The highest BCUT2D eigenvalue weighted by Crippen LogP contribution is 2.23. The van der Waals surface area contributed by atoms with Crippen molar-refractivity contribution < 1.29 is 8.98 Å². The molecule has 0 aromatic carbocycles. The van der Waals surface area contributed by atoms with Crippen LogP contribution in [0.3, 0.4) is 0 Å². The highest BCUT2D eigenvalue weighted by molar-refractivity contribution is 8.11. The van der Waals surface area contributed by atoms with Gasteiger partial charge >= 0.3 is 17.1 Å². The van der Waals surface area contributed by atoms with Crippen molar-refractivity contribution in [3.63, 3.8) is 0 Å². The lowest BCUT2D eigenvalue weighted by Crippen LogP contribution is -2.42. The molecule has 18 heavy (non-hydrogen) atoms. The Morgan fingerprint density at radius 2 is 1.89 bits per heavy atom. The molecule has 0 saturated heterocycles. The highest BCUT2D eigenvalue weighted by Gasteiger charge is 2.12. The molecule has 1 unspecified atom stereocenters. The Balaban J connectivity index is 3.03. The average Bonchev–Trinajstić information content (AvgIpc) is 2.31. The van der Waals surface area contributed by atoms with Gasteiger partial charge in [-0.2, -0.15) is 16.6 Å². The summed E-state index contributed by atoms with van der Waals surface area (Å²) in [5.74, 6) is 0.113. The molecule has 0 aliphatic heterocycles. The molecule has 0 aliphatic carbocycles. The summed E-state index contributed by atoms with van der Waals surface area (Å²) in [5.41, 5.74) is -2.58. The van der Waals surface area contributed by atoms with Crippen molar-refractivity contribution in [2.75, 3.05) is 18.1 Å². The summed E-state index contributed by atoms with van der Waals surface area (Å²) in [7, 11) is 0. The quantitative estimate of drug-likeness (QED) is 0.474. The topological polar surface area (TPSA) is 114 Å². The highest BCUT2D eigenvalue weighted by atomic mass is 32.2. The molecule has 1 atom stereocenters. The standard InChI is InChI=1S/C8H13N3O5S2/c1-2-18(16-3-5(12)4-17)11-7(14)9-6(13)10-8(11)15/h17-18H,2-4H2,1H3,(H2,9,10,13,14,15). The zero-order chi connectivity index (χ0) is 13.7. The number of nitrogens with zero attached hydrogens (tertiary/aromatic N) is 1. The lowest BCUT2D eigenvalue weighted by molar-refractivity contribution is -0.118.